The number of fused-ring (bicyclic) bond motifs is 1. The van der Waals surface area contributed by atoms with Gasteiger partial charge in [0.1, 0.15) is 0 Å². The first kappa shape index (κ1) is 26.6. The molecule has 206 valence electrons. The van der Waals surface area contributed by atoms with Gasteiger partial charge in [0, 0.05) is 0 Å². The van der Waals surface area contributed by atoms with Gasteiger partial charge in [-0.3, -0.25) is 0 Å². The van der Waals surface area contributed by atoms with Crippen molar-refractivity contribution in [2.24, 2.45) is 0 Å². The number of hydrogen-bond acceptors (Lipinski definition) is 14. The second kappa shape index (κ2) is 10.3. The summed E-state index contributed by atoms with van der Waals surface area (Å²) in [5.41, 5.74) is 10.4. The minimum atomic E-state index is -2.84. The van der Waals surface area contributed by atoms with Crippen LogP contribution in [0.15, 0.2) is 22.2 Å². The number of nitrogens with one attached hydrogen (secondary N) is 1. The zero-order valence-corrected chi connectivity index (χ0v) is 21.6. The quantitative estimate of drug-likeness (QED) is 0.138. The molecule has 2 aliphatic rings. The van der Waals surface area contributed by atoms with Crippen LogP contribution in [0.1, 0.15) is 25.3 Å². The van der Waals surface area contributed by atoms with E-state index in [1.165, 1.54) is 12.7 Å². The summed E-state index contributed by atoms with van der Waals surface area (Å²) in [4.78, 5) is 42.2. The van der Waals surface area contributed by atoms with E-state index in [2.05, 4.69) is 24.9 Å². The second-order valence-corrected chi connectivity index (χ2v) is 12.9. The Balaban J connectivity index is 1.22. The van der Waals surface area contributed by atoms with Crippen molar-refractivity contribution in [3.05, 3.63) is 33.5 Å². The third kappa shape index (κ3) is 5.29. The van der Waals surface area contributed by atoms with Crippen molar-refractivity contribution in [3.8, 4) is 0 Å². The zero-order chi connectivity index (χ0) is 27.2. The summed E-state index contributed by atoms with van der Waals surface area (Å²) in [6, 6.07) is 0. The molecule has 0 radical (unpaired) electrons. The van der Waals surface area contributed by atoms with Crippen LogP contribution in [0.4, 0.5) is 11.9 Å². The molecule has 3 aromatic heterocycles. The number of aromatic nitrogens is 7. The Kier molecular flexibility index (Phi) is 7.21. The summed E-state index contributed by atoms with van der Waals surface area (Å²) < 4.78 is 26.9. The molecule has 2 saturated heterocycles. The summed E-state index contributed by atoms with van der Waals surface area (Å²) in [6.45, 7) is 1.53. The van der Waals surface area contributed by atoms with Crippen LogP contribution >= 0.6 is 7.59 Å². The molecule has 2 aliphatic heterocycles. The van der Waals surface area contributed by atoms with Crippen LogP contribution in [0.2, 0.25) is 0 Å². The average Bonchev–Trinajstić information content (AvgIpc) is 3.54. The van der Waals surface area contributed by atoms with Crippen LogP contribution in [-0.4, -0.2) is 96.1 Å². The van der Waals surface area contributed by atoms with Gasteiger partial charge in [0.2, 0.25) is 0 Å². The van der Waals surface area contributed by atoms with Gasteiger partial charge in [0.15, 0.2) is 0 Å². The summed E-state index contributed by atoms with van der Waals surface area (Å²) >= 11 is 0. The standard InChI is InChI=1S/C19H29BN9O8P/c1-38(20,34-5-11-8(31)2-12(36-11)29-7-24-17(21)27-19(29)33)37-9-3-13(35-10(9)4-30)28-6-23-14-15(28)25-18(22)26-16(14)32/h6-13,30-31,38H,2-5,20H2,1H3,(H2,21,27,33)(H3,22,25,26,32)/t8-,9-,10-,11-,12-,13-/m1/s1. The number of H-pyrrole nitrogens is 1. The van der Waals surface area contributed by atoms with E-state index < -0.39 is 55.7 Å². The van der Waals surface area contributed by atoms with Gasteiger partial charge in [0.25, 0.3) is 0 Å². The van der Waals surface area contributed by atoms with E-state index in [1.54, 1.807) is 4.57 Å². The number of rotatable bonds is 8. The third-order valence-electron chi connectivity index (χ3n) is 6.41. The van der Waals surface area contributed by atoms with Gasteiger partial charge in [-0.1, -0.05) is 0 Å². The van der Waals surface area contributed by atoms with Gasteiger partial charge in [-0.15, -0.1) is 0 Å². The Morgan fingerprint density at radius 3 is 2.61 bits per heavy atom. The van der Waals surface area contributed by atoms with Gasteiger partial charge in [0.05, 0.1) is 0 Å². The molecular weight excluding hydrogens is 524 g/mol. The molecule has 19 heteroatoms. The van der Waals surface area contributed by atoms with Gasteiger partial charge < -0.3 is 0 Å². The van der Waals surface area contributed by atoms with Crippen molar-refractivity contribution in [1.29, 1.82) is 0 Å². The maximum absolute atomic E-state index is 12.1. The molecule has 5 rings (SSSR count). The van der Waals surface area contributed by atoms with Gasteiger partial charge in [-0.25, -0.2) is 0 Å². The third-order valence-corrected chi connectivity index (χ3v) is 8.14. The number of aliphatic hydroxyl groups is 2. The average molecular weight is 553 g/mol. The summed E-state index contributed by atoms with van der Waals surface area (Å²) in [5.74, 6) is -0.202. The number of aromatic amines is 1. The molecule has 3 aromatic rings. The molecular formula is C19H29BN9O8P. The van der Waals surface area contributed by atoms with E-state index in [0.29, 0.717) is 6.42 Å². The normalized spacial score (nSPS) is 28.3. The van der Waals surface area contributed by atoms with Crippen molar-refractivity contribution < 1.29 is 28.7 Å². The Bertz CT molecular complexity index is 1430. The van der Waals surface area contributed by atoms with Crippen LogP contribution in [0, 0.1) is 0 Å². The van der Waals surface area contributed by atoms with Crippen molar-refractivity contribution in [1.82, 2.24) is 34.1 Å². The summed E-state index contributed by atoms with van der Waals surface area (Å²) in [7, 11) is -1.02. The van der Waals surface area contributed by atoms with E-state index in [9.17, 15) is 19.8 Å². The van der Waals surface area contributed by atoms with Crippen LogP contribution in [0.25, 0.3) is 11.2 Å². The fourth-order valence-corrected chi connectivity index (χ4v) is 6.19. The predicted molar refractivity (Wildman–Crippen MR) is 137 cm³/mol. The monoisotopic (exact) mass is 553 g/mol. The van der Waals surface area contributed by atoms with Crippen LogP contribution in [0.5, 0.6) is 0 Å². The summed E-state index contributed by atoms with van der Waals surface area (Å²) in [5, 5.41) is 20.4. The summed E-state index contributed by atoms with van der Waals surface area (Å²) in [6.07, 6.45) is -1.05. The molecule has 5 heterocycles. The number of anilines is 2. The van der Waals surface area contributed by atoms with E-state index in [1.807, 2.05) is 14.2 Å². The Morgan fingerprint density at radius 2 is 1.87 bits per heavy atom. The number of aliphatic hydroxyl groups excluding tert-OH is 2. The number of nitrogens with zero attached hydrogens (tertiary/aromatic N) is 6. The fourth-order valence-electron chi connectivity index (χ4n) is 4.58. The number of nitrogen functional groups attached to an aromatic ring is 2. The molecule has 6 atom stereocenters. The molecule has 17 nitrogen and oxygen atoms in total. The van der Waals surface area contributed by atoms with Crippen molar-refractivity contribution in [2.75, 3.05) is 31.3 Å². The van der Waals surface area contributed by atoms with Crippen molar-refractivity contribution >= 4 is 38.2 Å². The van der Waals surface area contributed by atoms with Crippen molar-refractivity contribution in [3.63, 3.8) is 0 Å². The molecule has 0 spiro atoms. The SMILES string of the molecule is B[PH](C)(OC[C@H]1O[C@@H](n2cnc(N)nc2=O)C[C@H]1O)O[C@@H]1C[C@H](n2cnc3c(=O)[nH]c(N)nc32)O[C@@H]1CO. The van der Waals surface area contributed by atoms with E-state index in [-0.39, 0.29) is 42.7 Å². The molecule has 0 saturated carbocycles. The van der Waals surface area contributed by atoms with E-state index in [4.69, 9.17) is 30.0 Å². The number of nitrogens with two attached hydrogens (primary N) is 2. The molecule has 0 amide bonds. The fraction of sp³-hybridized carbons (Fsp3) is 0.579. The molecule has 0 aromatic carbocycles. The van der Waals surface area contributed by atoms with E-state index >= 15 is 0 Å². The Hall–Kier alpha value is -2.99. The first-order chi connectivity index (χ1) is 18.0. The molecule has 0 unspecified atom stereocenters. The first-order valence-electron chi connectivity index (χ1n) is 11.9. The molecule has 7 N–H and O–H groups in total. The first-order valence-corrected chi connectivity index (χ1v) is 14.7. The van der Waals surface area contributed by atoms with Gasteiger partial charge in [-0.05, 0) is 0 Å². The van der Waals surface area contributed by atoms with Crippen molar-refractivity contribution in [2.45, 2.75) is 49.7 Å². The van der Waals surface area contributed by atoms with E-state index in [0.717, 1.165) is 4.57 Å². The van der Waals surface area contributed by atoms with Gasteiger partial charge >= 0.3 is 216 Å². The molecule has 2 fully saturated rings. The zero-order valence-electron chi connectivity index (χ0n) is 20.6. The topological polar surface area (TPSA) is 241 Å². The molecule has 0 bridgehead atoms. The van der Waals surface area contributed by atoms with Crippen LogP contribution in [0.3, 0.4) is 0 Å². The second-order valence-electron chi connectivity index (χ2n) is 9.53. The van der Waals surface area contributed by atoms with Crippen LogP contribution < -0.4 is 22.7 Å². The number of ether oxygens (including phenoxy) is 2. The Morgan fingerprint density at radius 1 is 1.16 bits per heavy atom. The minimum absolute atomic E-state index is 0.0143. The molecule has 38 heavy (non-hydrogen) atoms. The molecule has 0 aliphatic carbocycles. The van der Waals surface area contributed by atoms with Crippen LogP contribution in [-0.2, 0) is 18.5 Å². The maximum atomic E-state index is 12.1. The number of imidazole rings is 1. The number of hydrogen-bond donors (Lipinski definition) is 5. The van der Waals surface area contributed by atoms with Gasteiger partial charge in [-0.2, -0.15) is 0 Å². The Labute approximate surface area is 216 Å². The predicted octanol–water partition coefficient (Wildman–Crippen LogP) is -2.98.